The number of halogens is 3. The summed E-state index contributed by atoms with van der Waals surface area (Å²) in [5, 5.41) is 2.55. The van der Waals surface area contributed by atoms with Gasteiger partial charge in [0.05, 0.1) is 11.4 Å². The highest BCUT2D eigenvalue weighted by Crippen LogP contribution is 2.28. The zero-order valence-electron chi connectivity index (χ0n) is 15.6. The van der Waals surface area contributed by atoms with Crippen LogP contribution in [0, 0.1) is 11.6 Å². The zero-order valence-corrected chi connectivity index (χ0v) is 17.1. The summed E-state index contributed by atoms with van der Waals surface area (Å²) < 4.78 is 55.2. The van der Waals surface area contributed by atoms with Crippen LogP contribution in [0.5, 0.6) is 0 Å². The summed E-state index contributed by atoms with van der Waals surface area (Å²) >= 11 is 5.85. The molecule has 1 aliphatic carbocycles. The number of nitrogens with one attached hydrogen (secondary N) is 1. The van der Waals surface area contributed by atoms with Gasteiger partial charge in [-0.1, -0.05) is 36.9 Å². The second-order valence-corrected chi connectivity index (χ2v) is 9.27. The van der Waals surface area contributed by atoms with Gasteiger partial charge in [-0.15, -0.1) is 0 Å². The molecule has 1 saturated carbocycles. The normalized spacial score (nSPS) is 15.4. The number of carbonyl (C=O) groups excluding carboxylic acids is 1. The van der Waals surface area contributed by atoms with Gasteiger partial charge in [0.2, 0.25) is 15.9 Å². The molecule has 156 valence electrons. The number of para-hydroxylation sites is 1. The van der Waals surface area contributed by atoms with Gasteiger partial charge in [0.1, 0.15) is 17.3 Å². The highest BCUT2D eigenvalue weighted by molar-refractivity contribution is 7.89. The van der Waals surface area contributed by atoms with Crippen molar-refractivity contribution < 1.29 is 22.0 Å². The molecule has 29 heavy (non-hydrogen) atoms. The van der Waals surface area contributed by atoms with Crippen molar-refractivity contribution in [3.63, 3.8) is 0 Å². The number of carbonyl (C=O) groups is 1. The van der Waals surface area contributed by atoms with E-state index in [1.165, 1.54) is 30.3 Å². The number of sulfonamides is 1. The van der Waals surface area contributed by atoms with E-state index in [0.717, 1.165) is 35.7 Å². The predicted octanol–water partition coefficient (Wildman–Crippen LogP) is 4.58. The van der Waals surface area contributed by atoms with Gasteiger partial charge < -0.3 is 5.32 Å². The van der Waals surface area contributed by atoms with Crippen LogP contribution in [0.1, 0.15) is 32.1 Å². The highest BCUT2D eigenvalue weighted by Gasteiger charge is 2.34. The van der Waals surface area contributed by atoms with Crippen molar-refractivity contribution in [1.29, 1.82) is 0 Å². The summed E-state index contributed by atoms with van der Waals surface area (Å²) in [6, 6.07) is 8.53. The molecule has 0 aliphatic heterocycles. The van der Waals surface area contributed by atoms with Gasteiger partial charge in [0, 0.05) is 11.1 Å². The Balaban J connectivity index is 1.87. The second-order valence-electron chi connectivity index (χ2n) is 6.94. The molecule has 0 atom stereocenters. The number of nitrogens with zero attached hydrogens (tertiary/aromatic N) is 1. The summed E-state index contributed by atoms with van der Waals surface area (Å²) in [6.45, 7) is -0.538. The minimum absolute atomic E-state index is 0.0114. The maximum absolute atomic E-state index is 13.8. The minimum atomic E-state index is -4.00. The lowest BCUT2D eigenvalue weighted by atomic mass is 9.95. The van der Waals surface area contributed by atoms with Crippen molar-refractivity contribution >= 4 is 33.2 Å². The van der Waals surface area contributed by atoms with Gasteiger partial charge in [0.15, 0.2) is 0 Å². The standard InChI is InChI=1S/C20H21ClF2N2O3S/c21-14-9-11-16(12-10-14)29(27,28)25(15-5-2-1-3-6-15)13-19(26)24-20-17(22)7-4-8-18(20)23/h4,7-12,15H,1-3,5-6,13H2,(H,24,26). The van der Waals surface area contributed by atoms with E-state index in [-0.39, 0.29) is 10.9 Å². The van der Waals surface area contributed by atoms with Gasteiger partial charge in [0.25, 0.3) is 0 Å². The summed E-state index contributed by atoms with van der Waals surface area (Å²) in [5.41, 5.74) is -0.593. The third kappa shape index (κ3) is 5.12. The summed E-state index contributed by atoms with van der Waals surface area (Å²) in [6.07, 6.45) is 3.93. The molecule has 9 heteroatoms. The lowest BCUT2D eigenvalue weighted by Crippen LogP contribution is -2.45. The Labute approximate surface area is 173 Å². The SMILES string of the molecule is O=C(CN(C1CCCCC1)S(=O)(=O)c1ccc(Cl)cc1)Nc1c(F)cccc1F. The first kappa shape index (κ1) is 21.7. The summed E-state index contributed by atoms with van der Waals surface area (Å²) in [4.78, 5) is 12.5. The Morgan fingerprint density at radius 2 is 1.62 bits per heavy atom. The molecule has 1 amide bonds. The van der Waals surface area contributed by atoms with Crippen LogP contribution < -0.4 is 5.32 Å². The van der Waals surface area contributed by atoms with Crippen molar-refractivity contribution in [2.24, 2.45) is 0 Å². The van der Waals surface area contributed by atoms with Crippen molar-refractivity contribution in [2.45, 2.75) is 43.0 Å². The second kappa shape index (κ2) is 9.19. The first-order valence-corrected chi connectivity index (χ1v) is 11.1. The van der Waals surface area contributed by atoms with Crippen LogP contribution in [-0.4, -0.2) is 31.2 Å². The van der Waals surface area contributed by atoms with E-state index in [9.17, 15) is 22.0 Å². The van der Waals surface area contributed by atoms with Crippen LogP contribution in [0.3, 0.4) is 0 Å². The molecule has 2 aromatic carbocycles. The van der Waals surface area contributed by atoms with E-state index < -0.39 is 39.8 Å². The monoisotopic (exact) mass is 442 g/mol. The molecule has 0 aromatic heterocycles. The van der Waals surface area contributed by atoms with Gasteiger partial charge >= 0.3 is 0 Å². The number of hydrogen-bond donors (Lipinski definition) is 1. The molecule has 0 spiro atoms. The predicted molar refractivity (Wildman–Crippen MR) is 107 cm³/mol. The Morgan fingerprint density at radius 1 is 1.03 bits per heavy atom. The van der Waals surface area contributed by atoms with E-state index in [1.54, 1.807) is 0 Å². The lowest BCUT2D eigenvalue weighted by molar-refractivity contribution is -0.116. The average Bonchev–Trinajstić information content (AvgIpc) is 2.70. The van der Waals surface area contributed by atoms with Crippen LogP contribution in [0.25, 0.3) is 0 Å². The van der Waals surface area contributed by atoms with Gasteiger partial charge in [-0.05, 0) is 49.2 Å². The summed E-state index contributed by atoms with van der Waals surface area (Å²) in [7, 11) is -4.00. The molecule has 0 bridgehead atoms. The average molecular weight is 443 g/mol. The van der Waals surface area contributed by atoms with Crippen LogP contribution in [0.4, 0.5) is 14.5 Å². The molecular weight excluding hydrogens is 422 g/mol. The van der Waals surface area contributed by atoms with Crippen LogP contribution >= 0.6 is 11.6 Å². The molecule has 0 radical (unpaired) electrons. The molecule has 0 heterocycles. The van der Waals surface area contributed by atoms with Crippen LogP contribution in [0.2, 0.25) is 5.02 Å². The molecule has 3 rings (SSSR count). The van der Waals surface area contributed by atoms with E-state index in [4.69, 9.17) is 11.6 Å². The largest absolute Gasteiger partial charge is 0.320 e. The fourth-order valence-corrected chi connectivity index (χ4v) is 5.23. The molecule has 0 saturated heterocycles. The van der Waals surface area contributed by atoms with Gasteiger partial charge in [-0.2, -0.15) is 4.31 Å². The van der Waals surface area contributed by atoms with Gasteiger partial charge in [-0.3, -0.25) is 4.79 Å². The van der Waals surface area contributed by atoms with Crippen LogP contribution in [-0.2, 0) is 14.8 Å². The zero-order chi connectivity index (χ0) is 21.0. The number of anilines is 1. The molecule has 1 aliphatic rings. The van der Waals surface area contributed by atoms with E-state index in [1.807, 2.05) is 0 Å². The molecule has 0 unspecified atom stereocenters. The minimum Gasteiger partial charge on any atom is -0.320 e. The molecule has 5 nitrogen and oxygen atoms in total. The van der Waals surface area contributed by atoms with Crippen molar-refractivity contribution in [2.75, 3.05) is 11.9 Å². The number of rotatable bonds is 6. The van der Waals surface area contributed by atoms with Gasteiger partial charge in [-0.25, -0.2) is 17.2 Å². The quantitative estimate of drug-likeness (QED) is 0.712. The molecule has 2 aromatic rings. The molecule has 1 fully saturated rings. The third-order valence-corrected chi connectivity index (χ3v) is 7.09. The number of amides is 1. The first-order valence-electron chi connectivity index (χ1n) is 9.30. The highest BCUT2D eigenvalue weighted by atomic mass is 35.5. The van der Waals surface area contributed by atoms with E-state index in [0.29, 0.717) is 17.9 Å². The third-order valence-electron chi connectivity index (χ3n) is 4.93. The smallest absolute Gasteiger partial charge is 0.243 e. The Bertz CT molecular complexity index is 957. The van der Waals surface area contributed by atoms with E-state index >= 15 is 0 Å². The number of hydrogen-bond acceptors (Lipinski definition) is 3. The fourth-order valence-electron chi connectivity index (χ4n) is 3.46. The fraction of sp³-hybridized carbons (Fsp3) is 0.350. The Hall–Kier alpha value is -2.03. The molecule has 1 N–H and O–H groups in total. The van der Waals surface area contributed by atoms with Crippen LogP contribution in [0.15, 0.2) is 47.4 Å². The van der Waals surface area contributed by atoms with Crippen molar-refractivity contribution in [3.8, 4) is 0 Å². The first-order chi connectivity index (χ1) is 13.8. The maximum Gasteiger partial charge on any atom is 0.243 e. The molecular formula is C20H21ClF2N2O3S. The number of benzene rings is 2. The van der Waals surface area contributed by atoms with Crippen molar-refractivity contribution in [1.82, 2.24) is 4.31 Å². The van der Waals surface area contributed by atoms with Crippen molar-refractivity contribution in [3.05, 3.63) is 59.1 Å². The Kier molecular flexibility index (Phi) is 6.87. The lowest BCUT2D eigenvalue weighted by Gasteiger charge is -2.33. The Morgan fingerprint density at radius 3 is 2.21 bits per heavy atom. The maximum atomic E-state index is 13.8. The van der Waals surface area contributed by atoms with E-state index in [2.05, 4.69) is 5.32 Å². The topological polar surface area (TPSA) is 66.5 Å². The summed E-state index contributed by atoms with van der Waals surface area (Å²) in [5.74, 6) is -2.66.